The number of hydrogen-bond acceptors (Lipinski definition) is 2. The first-order chi connectivity index (χ1) is 7.83. The maximum absolute atomic E-state index is 5.96. The topological polar surface area (TPSA) is 29.3 Å². The fourth-order valence-electron chi connectivity index (χ4n) is 1.90. The molecule has 0 saturated heterocycles. The summed E-state index contributed by atoms with van der Waals surface area (Å²) in [4.78, 5) is 4.26. The highest BCUT2D eigenvalue weighted by Crippen LogP contribution is 2.46. The van der Waals surface area contributed by atoms with E-state index in [2.05, 4.69) is 20.8 Å². The predicted octanol–water partition coefficient (Wildman–Crippen LogP) is 2.77. The van der Waals surface area contributed by atoms with Crippen molar-refractivity contribution >= 4 is 23.1 Å². The Bertz CT molecular complexity index is 502. The Kier molecular flexibility index (Phi) is 2.28. The minimum Gasteiger partial charge on any atom is -0.371 e. The molecule has 2 aromatic heterocycles. The molecule has 1 aliphatic rings. The number of alkyl halides is 1. The van der Waals surface area contributed by atoms with Gasteiger partial charge in [-0.3, -0.25) is 4.40 Å². The molecule has 1 N–H and O–H groups in total. The van der Waals surface area contributed by atoms with Gasteiger partial charge in [-0.2, -0.15) is 0 Å². The first kappa shape index (κ1) is 9.97. The van der Waals surface area contributed by atoms with E-state index < -0.39 is 0 Å². The van der Waals surface area contributed by atoms with Crippen LogP contribution in [0.3, 0.4) is 0 Å². The van der Waals surface area contributed by atoms with Crippen molar-refractivity contribution in [3.05, 3.63) is 30.6 Å². The van der Waals surface area contributed by atoms with E-state index in [-0.39, 0.29) is 0 Å². The quantitative estimate of drug-likeness (QED) is 0.826. The normalized spacial score (nSPS) is 17.6. The van der Waals surface area contributed by atoms with E-state index in [0.717, 1.165) is 23.9 Å². The van der Waals surface area contributed by atoms with Gasteiger partial charge in [0.25, 0.3) is 0 Å². The molecule has 0 atom stereocenters. The Morgan fingerprint density at radius 1 is 1.44 bits per heavy atom. The summed E-state index contributed by atoms with van der Waals surface area (Å²) in [6.45, 7) is 0.952. The van der Waals surface area contributed by atoms with Gasteiger partial charge in [-0.1, -0.05) is 6.07 Å². The fraction of sp³-hybridized carbons (Fsp3) is 0.417. The lowest BCUT2D eigenvalue weighted by Gasteiger charge is -2.14. The molecule has 0 bridgehead atoms. The third-order valence-electron chi connectivity index (χ3n) is 3.31. The van der Waals surface area contributed by atoms with E-state index in [0.29, 0.717) is 5.41 Å². The van der Waals surface area contributed by atoms with E-state index >= 15 is 0 Å². The van der Waals surface area contributed by atoms with E-state index in [1.165, 1.54) is 12.8 Å². The predicted molar refractivity (Wildman–Crippen MR) is 66.1 cm³/mol. The molecule has 0 aliphatic heterocycles. The van der Waals surface area contributed by atoms with E-state index in [9.17, 15) is 0 Å². The molecule has 1 saturated carbocycles. The Morgan fingerprint density at radius 2 is 2.31 bits per heavy atom. The standard InChI is InChI=1S/C12H14ClN3/c13-8-12(4-5-12)9-15-11-3-1-2-10-14-6-7-16(10)11/h1-3,6-7,15H,4-5,8-9H2. The lowest BCUT2D eigenvalue weighted by Crippen LogP contribution is -2.18. The number of pyridine rings is 1. The van der Waals surface area contributed by atoms with Gasteiger partial charge in [-0.15, -0.1) is 11.6 Å². The molecule has 3 nitrogen and oxygen atoms in total. The van der Waals surface area contributed by atoms with Crippen molar-refractivity contribution in [3.8, 4) is 0 Å². The van der Waals surface area contributed by atoms with Gasteiger partial charge in [0.15, 0.2) is 0 Å². The van der Waals surface area contributed by atoms with Crippen molar-refractivity contribution < 1.29 is 0 Å². The van der Waals surface area contributed by atoms with Crippen molar-refractivity contribution in [2.75, 3.05) is 17.7 Å². The number of aromatic nitrogens is 2. The molecular weight excluding hydrogens is 222 g/mol. The van der Waals surface area contributed by atoms with Gasteiger partial charge in [0.1, 0.15) is 11.5 Å². The fourth-order valence-corrected chi connectivity index (χ4v) is 2.27. The van der Waals surface area contributed by atoms with Crippen molar-refractivity contribution in [1.29, 1.82) is 0 Å². The molecule has 84 valence electrons. The van der Waals surface area contributed by atoms with Crippen LogP contribution in [0.1, 0.15) is 12.8 Å². The van der Waals surface area contributed by atoms with Crippen LogP contribution in [0.5, 0.6) is 0 Å². The summed E-state index contributed by atoms with van der Waals surface area (Å²) in [5.74, 6) is 1.84. The second kappa shape index (κ2) is 3.67. The Hall–Kier alpha value is -1.22. The number of nitrogens with one attached hydrogen (secondary N) is 1. The van der Waals surface area contributed by atoms with Crippen molar-refractivity contribution in [1.82, 2.24) is 9.38 Å². The summed E-state index contributed by atoms with van der Waals surface area (Å²) in [5.41, 5.74) is 1.31. The van der Waals surface area contributed by atoms with E-state index in [4.69, 9.17) is 11.6 Å². The molecular formula is C12H14ClN3. The lowest BCUT2D eigenvalue weighted by molar-refractivity contribution is 0.617. The third-order valence-corrected chi connectivity index (χ3v) is 3.88. The van der Waals surface area contributed by atoms with Crippen molar-refractivity contribution in [3.63, 3.8) is 0 Å². The van der Waals surface area contributed by atoms with Gasteiger partial charge >= 0.3 is 0 Å². The second-order valence-electron chi connectivity index (χ2n) is 4.55. The average molecular weight is 236 g/mol. The molecule has 2 aromatic rings. The first-order valence-electron chi connectivity index (χ1n) is 5.55. The van der Waals surface area contributed by atoms with Gasteiger partial charge in [0.2, 0.25) is 0 Å². The summed E-state index contributed by atoms with van der Waals surface area (Å²) >= 11 is 5.96. The number of imidazole rings is 1. The maximum atomic E-state index is 5.96. The van der Waals surface area contributed by atoms with Crippen LogP contribution in [0, 0.1) is 5.41 Å². The minimum atomic E-state index is 0.338. The van der Waals surface area contributed by atoms with Gasteiger partial charge in [-0.05, 0) is 25.0 Å². The molecule has 0 amide bonds. The van der Waals surface area contributed by atoms with Crippen LogP contribution >= 0.6 is 11.6 Å². The second-order valence-corrected chi connectivity index (χ2v) is 4.82. The highest BCUT2D eigenvalue weighted by atomic mass is 35.5. The van der Waals surface area contributed by atoms with Gasteiger partial charge in [0.05, 0.1) is 0 Å². The summed E-state index contributed by atoms with van der Waals surface area (Å²) in [5, 5.41) is 3.47. The minimum absolute atomic E-state index is 0.338. The number of anilines is 1. The molecule has 0 unspecified atom stereocenters. The summed E-state index contributed by atoms with van der Waals surface area (Å²) < 4.78 is 2.06. The highest BCUT2D eigenvalue weighted by molar-refractivity contribution is 6.18. The number of nitrogens with zero attached hydrogens (tertiary/aromatic N) is 2. The Labute approximate surface area is 99.4 Å². The third kappa shape index (κ3) is 1.65. The molecule has 1 fully saturated rings. The maximum Gasteiger partial charge on any atom is 0.138 e. The van der Waals surface area contributed by atoms with Crippen LogP contribution < -0.4 is 5.32 Å². The average Bonchev–Trinajstić information content (AvgIpc) is 2.94. The summed E-state index contributed by atoms with van der Waals surface area (Å²) in [6, 6.07) is 6.09. The number of halogens is 1. The van der Waals surface area contributed by atoms with Crippen LogP contribution in [0.2, 0.25) is 0 Å². The van der Waals surface area contributed by atoms with E-state index in [1.807, 2.05) is 24.5 Å². The Morgan fingerprint density at radius 3 is 3.06 bits per heavy atom. The summed E-state index contributed by atoms with van der Waals surface area (Å²) in [7, 11) is 0. The van der Waals surface area contributed by atoms with Crippen molar-refractivity contribution in [2.24, 2.45) is 5.41 Å². The Balaban J connectivity index is 1.81. The zero-order valence-electron chi connectivity index (χ0n) is 8.99. The smallest absolute Gasteiger partial charge is 0.138 e. The van der Waals surface area contributed by atoms with Gasteiger partial charge in [0, 0.05) is 30.2 Å². The number of rotatable bonds is 4. The highest BCUT2D eigenvalue weighted by Gasteiger charge is 2.41. The van der Waals surface area contributed by atoms with Crippen LogP contribution in [0.25, 0.3) is 5.65 Å². The largest absolute Gasteiger partial charge is 0.371 e. The van der Waals surface area contributed by atoms with Gasteiger partial charge in [-0.25, -0.2) is 4.98 Å². The van der Waals surface area contributed by atoms with Crippen LogP contribution in [-0.4, -0.2) is 21.8 Å². The van der Waals surface area contributed by atoms with E-state index in [1.54, 1.807) is 0 Å². The van der Waals surface area contributed by atoms with Crippen molar-refractivity contribution in [2.45, 2.75) is 12.8 Å². The van der Waals surface area contributed by atoms with Gasteiger partial charge < -0.3 is 5.32 Å². The molecule has 16 heavy (non-hydrogen) atoms. The lowest BCUT2D eigenvalue weighted by atomic mass is 10.1. The molecule has 1 aliphatic carbocycles. The molecule has 0 radical (unpaired) electrons. The SMILES string of the molecule is ClCC1(CNc2cccc3nccn23)CC1. The first-order valence-corrected chi connectivity index (χ1v) is 6.08. The monoisotopic (exact) mass is 235 g/mol. The van der Waals surface area contributed by atoms with Crippen LogP contribution in [-0.2, 0) is 0 Å². The molecule has 2 heterocycles. The zero-order valence-corrected chi connectivity index (χ0v) is 9.74. The van der Waals surface area contributed by atoms with Crippen LogP contribution in [0.15, 0.2) is 30.6 Å². The zero-order chi connectivity index (χ0) is 11.0. The molecule has 0 spiro atoms. The van der Waals surface area contributed by atoms with Crippen LogP contribution in [0.4, 0.5) is 5.82 Å². The molecule has 3 rings (SSSR count). The number of hydrogen-bond donors (Lipinski definition) is 1. The summed E-state index contributed by atoms with van der Waals surface area (Å²) in [6.07, 6.45) is 6.26. The molecule has 4 heteroatoms. The molecule has 0 aromatic carbocycles. The number of fused-ring (bicyclic) bond motifs is 1.